The first-order chi connectivity index (χ1) is 15.5. The lowest BCUT2D eigenvalue weighted by molar-refractivity contribution is -0.122. The third-order valence-electron chi connectivity index (χ3n) is 5.20. The number of carbonyl (C=O) groups is 2. The Hall–Kier alpha value is -2.58. The van der Waals surface area contributed by atoms with Crippen molar-refractivity contribution in [1.29, 1.82) is 0 Å². The largest absolute Gasteiger partial charge is 0.489 e. The number of benzene rings is 2. The average Bonchev–Trinajstić information content (AvgIpc) is 3.24. The Labute approximate surface area is 198 Å². The number of rotatable bonds is 8. The Morgan fingerprint density at radius 3 is 2.75 bits per heavy atom. The number of fused-ring (bicyclic) bond motifs is 1. The van der Waals surface area contributed by atoms with Crippen LogP contribution in [0.2, 0.25) is 0 Å². The Bertz CT molecular complexity index is 1210. The second-order valence-corrected chi connectivity index (χ2v) is 9.31. The molecule has 0 bridgehead atoms. The molecule has 0 N–H and O–H groups in total. The molecule has 1 saturated heterocycles. The van der Waals surface area contributed by atoms with Gasteiger partial charge in [-0.2, -0.15) is 0 Å². The molecule has 0 atom stereocenters. The van der Waals surface area contributed by atoms with Gasteiger partial charge in [-0.25, -0.2) is 4.39 Å². The third kappa shape index (κ3) is 4.76. The van der Waals surface area contributed by atoms with Gasteiger partial charge in [0.05, 0.1) is 11.4 Å². The van der Waals surface area contributed by atoms with Crippen LogP contribution in [0.25, 0.3) is 17.0 Å². The van der Waals surface area contributed by atoms with Crippen LogP contribution in [0.4, 0.5) is 9.18 Å². The van der Waals surface area contributed by atoms with E-state index in [0.717, 1.165) is 45.5 Å². The van der Waals surface area contributed by atoms with Gasteiger partial charge in [-0.15, -0.1) is 0 Å². The maximum absolute atomic E-state index is 13.8. The summed E-state index contributed by atoms with van der Waals surface area (Å²) in [6.07, 6.45) is 5.42. The van der Waals surface area contributed by atoms with Crippen molar-refractivity contribution in [3.63, 3.8) is 0 Å². The number of para-hydroxylation sites is 1. The van der Waals surface area contributed by atoms with E-state index >= 15 is 0 Å². The van der Waals surface area contributed by atoms with Gasteiger partial charge in [-0.05, 0) is 54.6 Å². The van der Waals surface area contributed by atoms with Crippen LogP contribution in [-0.4, -0.2) is 33.8 Å². The second-order valence-electron chi connectivity index (χ2n) is 7.41. The van der Waals surface area contributed by atoms with Crippen LogP contribution in [0.3, 0.4) is 0 Å². The molecule has 0 aliphatic carbocycles. The Kier molecular flexibility index (Phi) is 7.01. The van der Waals surface area contributed by atoms with Crippen LogP contribution < -0.4 is 4.74 Å². The van der Waals surface area contributed by atoms with E-state index in [2.05, 4.69) is 15.9 Å². The number of hydrogen-bond acceptors (Lipinski definition) is 4. The van der Waals surface area contributed by atoms with Crippen LogP contribution in [0.15, 0.2) is 58.0 Å². The summed E-state index contributed by atoms with van der Waals surface area (Å²) in [7, 11) is 0. The minimum absolute atomic E-state index is 0.215. The highest BCUT2D eigenvalue weighted by molar-refractivity contribution is 9.10. The zero-order valence-corrected chi connectivity index (χ0v) is 19.9. The normalized spacial score (nSPS) is 15.3. The highest BCUT2D eigenvalue weighted by atomic mass is 79.9. The quantitative estimate of drug-likeness (QED) is 0.322. The molecule has 1 fully saturated rings. The summed E-state index contributed by atoms with van der Waals surface area (Å²) in [6, 6.07) is 12.2. The predicted molar refractivity (Wildman–Crippen MR) is 129 cm³/mol. The monoisotopic (exact) mass is 516 g/mol. The molecular weight excluding hydrogens is 495 g/mol. The van der Waals surface area contributed by atoms with E-state index in [0.29, 0.717) is 18.0 Å². The first-order valence-electron chi connectivity index (χ1n) is 10.4. The van der Waals surface area contributed by atoms with Crippen molar-refractivity contribution in [1.82, 2.24) is 9.47 Å². The highest BCUT2D eigenvalue weighted by Gasteiger charge is 2.34. The smallest absolute Gasteiger partial charge is 0.293 e. The summed E-state index contributed by atoms with van der Waals surface area (Å²) >= 11 is 4.49. The van der Waals surface area contributed by atoms with Crippen molar-refractivity contribution >= 4 is 55.8 Å². The fourth-order valence-corrected chi connectivity index (χ4v) is 4.78. The molecule has 1 aromatic heterocycles. The number of aromatic nitrogens is 1. The van der Waals surface area contributed by atoms with Crippen LogP contribution in [0.1, 0.15) is 25.3 Å². The van der Waals surface area contributed by atoms with Gasteiger partial charge in [0.25, 0.3) is 11.1 Å². The summed E-state index contributed by atoms with van der Waals surface area (Å²) in [5.74, 6) is -0.423. The summed E-state index contributed by atoms with van der Waals surface area (Å²) in [5, 5.41) is 0.725. The Morgan fingerprint density at radius 1 is 1.16 bits per heavy atom. The van der Waals surface area contributed by atoms with Crippen molar-refractivity contribution in [3.8, 4) is 5.75 Å². The molecule has 2 heterocycles. The van der Waals surface area contributed by atoms with Crippen LogP contribution in [-0.2, 0) is 11.3 Å². The highest BCUT2D eigenvalue weighted by Crippen LogP contribution is 2.35. The number of hydrogen-bond donors (Lipinski definition) is 0. The fraction of sp³-hybridized carbons (Fsp3) is 0.250. The van der Waals surface area contributed by atoms with Gasteiger partial charge in [-0.3, -0.25) is 14.5 Å². The topological polar surface area (TPSA) is 51.5 Å². The number of unbranched alkanes of at least 4 members (excludes halogenated alkanes) is 1. The standard InChI is InChI=1S/C24H22BrFN2O3S/c1-2-3-10-28-23(29)22(32-24(28)30)13-16-15-27(20-9-8-17(25)14-18(16)20)11-12-31-21-7-5-4-6-19(21)26/h4-9,13-15H,2-3,10-12H2,1H3/b22-13-. The molecule has 3 aromatic rings. The number of halogens is 2. The number of nitrogens with zero attached hydrogens (tertiary/aromatic N) is 2. The molecule has 166 valence electrons. The van der Waals surface area contributed by atoms with Crippen LogP contribution in [0, 0.1) is 5.82 Å². The van der Waals surface area contributed by atoms with Crippen LogP contribution in [0.5, 0.6) is 5.75 Å². The zero-order valence-electron chi connectivity index (χ0n) is 17.5. The fourth-order valence-electron chi connectivity index (χ4n) is 3.56. The van der Waals surface area contributed by atoms with E-state index in [1.54, 1.807) is 24.3 Å². The van der Waals surface area contributed by atoms with E-state index in [1.807, 2.05) is 35.9 Å². The molecule has 4 rings (SSSR count). The maximum Gasteiger partial charge on any atom is 0.293 e. The summed E-state index contributed by atoms with van der Waals surface area (Å²) in [5.41, 5.74) is 1.80. The van der Waals surface area contributed by atoms with Crippen molar-refractivity contribution in [2.75, 3.05) is 13.2 Å². The van der Waals surface area contributed by atoms with E-state index in [-0.39, 0.29) is 23.5 Å². The second kappa shape index (κ2) is 9.92. The van der Waals surface area contributed by atoms with E-state index in [1.165, 1.54) is 11.0 Å². The third-order valence-corrected chi connectivity index (χ3v) is 6.60. The molecular formula is C24H22BrFN2O3S. The summed E-state index contributed by atoms with van der Waals surface area (Å²) in [6.45, 7) is 3.25. The molecule has 2 aromatic carbocycles. The number of carbonyl (C=O) groups excluding carboxylic acids is 2. The Balaban J connectivity index is 1.59. The minimum atomic E-state index is -0.395. The number of imide groups is 1. The molecule has 5 nitrogen and oxygen atoms in total. The number of thioether (sulfide) groups is 1. The average molecular weight is 517 g/mol. The Morgan fingerprint density at radius 2 is 1.97 bits per heavy atom. The molecule has 0 radical (unpaired) electrons. The molecule has 1 aliphatic heterocycles. The molecule has 2 amide bonds. The predicted octanol–water partition coefficient (Wildman–Crippen LogP) is 6.46. The van der Waals surface area contributed by atoms with Gasteiger partial charge >= 0.3 is 0 Å². The molecule has 0 spiro atoms. The summed E-state index contributed by atoms with van der Waals surface area (Å²) in [4.78, 5) is 26.8. The van der Waals surface area contributed by atoms with Gasteiger partial charge in [0, 0.05) is 33.7 Å². The maximum atomic E-state index is 13.8. The molecule has 0 unspecified atom stereocenters. The lowest BCUT2D eigenvalue weighted by atomic mass is 10.1. The van der Waals surface area contributed by atoms with Gasteiger partial charge in [-0.1, -0.05) is 41.4 Å². The van der Waals surface area contributed by atoms with Crippen molar-refractivity contribution < 1.29 is 18.7 Å². The van der Waals surface area contributed by atoms with Crippen molar-refractivity contribution in [2.24, 2.45) is 0 Å². The molecule has 0 saturated carbocycles. The lowest BCUT2D eigenvalue weighted by Crippen LogP contribution is -2.29. The SMILES string of the molecule is CCCCN1C(=O)S/C(=C\c2cn(CCOc3ccccc3F)c3ccc(Br)cc23)C1=O. The first-order valence-corrected chi connectivity index (χ1v) is 12.0. The minimum Gasteiger partial charge on any atom is -0.489 e. The van der Waals surface area contributed by atoms with E-state index in [4.69, 9.17) is 4.74 Å². The van der Waals surface area contributed by atoms with E-state index < -0.39 is 5.82 Å². The van der Waals surface area contributed by atoms with Gasteiger partial charge in [0.15, 0.2) is 11.6 Å². The van der Waals surface area contributed by atoms with Gasteiger partial charge in [0.1, 0.15) is 6.61 Å². The van der Waals surface area contributed by atoms with Crippen LogP contribution >= 0.6 is 27.7 Å². The molecule has 8 heteroatoms. The van der Waals surface area contributed by atoms with Gasteiger partial charge in [0.2, 0.25) is 0 Å². The molecule has 1 aliphatic rings. The van der Waals surface area contributed by atoms with Crippen molar-refractivity contribution in [3.05, 3.63) is 69.4 Å². The lowest BCUT2D eigenvalue weighted by Gasteiger charge is -2.10. The van der Waals surface area contributed by atoms with E-state index in [9.17, 15) is 14.0 Å². The zero-order chi connectivity index (χ0) is 22.7. The van der Waals surface area contributed by atoms with Gasteiger partial charge < -0.3 is 9.30 Å². The summed E-state index contributed by atoms with van der Waals surface area (Å²) < 4.78 is 22.3. The number of amides is 2. The molecule has 32 heavy (non-hydrogen) atoms. The van der Waals surface area contributed by atoms with Crippen molar-refractivity contribution in [2.45, 2.75) is 26.3 Å². The number of ether oxygens (including phenoxy) is 1. The first kappa shape index (κ1) is 22.6.